The number of aryl methyl sites for hydroxylation is 1. The fourth-order valence-electron chi connectivity index (χ4n) is 4.86. The standard InChI is InChI=1S/C23H33N7O3/c1-16-25-19-9-8-18(15-30(19)27-16)22(32)28-10-12-29(13-11-28)23(33)21(26-20(31)14-24-2)17-6-4-3-5-7-17/h8-9,15,17,21,24H,3-7,10-14H2,1-2H3,(H,26,31). The normalized spacial score (nSPS) is 18.4. The minimum Gasteiger partial charge on any atom is -0.343 e. The molecule has 2 aromatic heterocycles. The van der Waals surface area contributed by atoms with Crippen LogP contribution in [0.25, 0.3) is 5.65 Å². The molecule has 1 unspecified atom stereocenters. The summed E-state index contributed by atoms with van der Waals surface area (Å²) >= 11 is 0. The van der Waals surface area contributed by atoms with Crippen molar-refractivity contribution in [3.63, 3.8) is 0 Å². The largest absolute Gasteiger partial charge is 0.343 e. The number of likely N-dealkylation sites (N-methyl/N-ethyl adjacent to an activating group) is 1. The maximum absolute atomic E-state index is 13.4. The molecule has 1 saturated carbocycles. The minimum atomic E-state index is -0.494. The number of hydrogen-bond acceptors (Lipinski definition) is 6. The van der Waals surface area contributed by atoms with Crippen LogP contribution in [0, 0.1) is 12.8 Å². The van der Waals surface area contributed by atoms with E-state index in [-0.39, 0.29) is 30.2 Å². The van der Waals surface area contributed by atoms with Crippen LogP contribution in [0.3, 0.4) is 0 Å². The average molecular weight is 456 g/mol. The van der Waals surface area contributed by atoms with E-state index in [1.54, 1.807) is 39.7 Å². The first-order chi connectivity index (χ1) is 16.0. The zero-order valence-corrected chi connectivity index (χ0v) is 19.4. The first kappa shape index (κ1) is 23.2. The summed E-state index contributed by atoms with van der Waals surface area (Å²) < 4.78 is 1.62. The monoisotopic (exact) mass is 455 g/mol. The highest BCUT2D eigenvalue weighted by atomic mass is 16.2. The van der Waals surface area contributed by atoms with Gasteiger partial charge in [0.1, 0.15) is 11.9 Å². The summed E-state index contributed by atoms with van der Waals surface area (Å²) in [7, 11) is 1.72. The Bertz CT molecular complexity index is 1010. The number of carbonyl (C=O) groups is 3. The van der Waals surface area contributed by atoms with E-state index in [1.165, 1.54) is 6.42 Å². The summed E-state index contributed by atoms with van der Waals surface area (Å²) in [5.74, 6) is 0.556. The van der Waals surface area contributed by atoms with Crippen molar-refractivity contribution >= 4 is 23.4 Å². The van der Waals surface area contributed by atoms with Gasteiger partial charge in [0.2, 0.25) is 11.8 Å². The zero-order valence-electron chi connectivity index (χ0n) is 19.4. The molecule has 33 heavy (non-hydrogen) atoms. The minimum absolute atomic E-state index is 0.0297. The molecule has 0 aromatic carbocycles. The molecule has 0 spiro atoms. The van der Waals surface area contributed by atoms with Gasteiger partial charge >= 0.3 is 0 Å². The first-order valence-electron chi connectivity index (χ1n) is 11.8. The van der Waals surface area contributed by atoms with Gasteiger partial charge in [-0.25, -0.2) is 9.50 Å². The molecule has 10 heteroatoms. The molecule has 178 valence electrons. The highest BCUT2D eigenvalue weighted by Gasteiger charge is 2.35. The predicted octanol–water partition coefficient (Wildman–Crippen LogP) is 0.607. The molecule has 1 aliphatic carbocycles. The van der Waals surface area contributed by atoms with E-state index in [0.29, 0.717) is 43.2 Å². The van der Waals surface area contributed by atoms with Crippen LogP contribution in [-0.4, -0.2) is 87.9 Å². The van der Waals surface area contributed by atoms with Crippen LogP contribution in [0.5, 0.6) is 0 Å². The second kappa shape index (κ2) is 10.3. The lowest BCUT2D eigenvalue weighted by atomic mass is 9.83. The van der Waals surface area contributed by atoms with Gasteiger partial charge < -0.3 is 20.4 Å². The molecule has 4 rings (SSSR count). The van der Waals surface area contributed by atoms with Crippen molar-refractivity contribution in [1.82, 2.24) is 35.0 Å². The van der Waals surface area contributed by atoms with Gasteiger partial charge in [-0.15, -0.1) is 0 Å². The van der Waals surface area contributed by atoms with Gasteiger partial charge in [0.05, 0.1) is 12.1 Å². The molecule has 2 aliphatic rings. The summed E-state index contributed by atoms with van der Waals surface area (Å²) in [4.78, 5) is 46.5. The second-order valence-corrected chi connectivity index (χ2v) is 8.97. The number of hydrogen-bond donors (Lipinski definition) is 2. The molecule has 1 aliphatic heterocycles. The number of amides is 3. The SMILES string of the molecule is CNCC(=O)NC(C(=O)N1CCN(C(=O)c2ccc3nc(C)nn3c2)CC1)C1CCCCC1. The van der Waals surface area contributed by atoms with Crippen molar-refractivity contribution in [2.75, 3.05) is 39.8 Å². The van der Waals surface area contributed by atoms with Gasteiger partial charge in [0.15, 0.2) is 5.65 Å². The molecular formula is C23H33N7O3. The predicted molar refractivity (Wildman–Crippen MR) is 123 cm³/mol. The van der Waals surface area contributed by atoms with Crippen LogP contribution in [0.2, 0.25) is 0 Å². The fraction of sp³-hybridized carbons (Fsp3) is 0.609. The molecule has 10 nitrogen and oxygen atoms in total. The van der Waals surface area contributed by atoms with Gasteiger partial charge in [-0.05, 0) is 44.9 Å². The number of piperazine rings is 1. The van der Waals surface area contributed by atoms with Crippen molar-refractivity contribution in [2.24, 2.45) is 5.92 Å². The third-order valence-corrected chi connectivity index (χ3v) is 6.60. The van der Waals surface area contributed by atoms with Crippen molar-refractivity contribution < 1.29 is 14.4 Å². The van der Waals surface area contributed by atoms with Crippen LogP contribution in [-0.2, 0) is 9.59 Å². The van der Waals surface area contributed by atoms with Gasteiger partial charge in [0, 0.05) is 32.4 Å². The van der Waals surface area contributed by atoms with Gasteiger partial charge in [-0.1, -0.05) is 19.3 Å². The summed E-state index contributed by atoms with van der Waals surface area (Å²) in [5.41, 5.74) is 1.25. The molecular weight excluding hydrogens is 422 g/mol. The molecule has 2 N–H and O–H groups in total. The quantitative estimate of drug-likeness (QED) is 0.660. The Morgan fingerprint density at radius 2 is 1.76 bits per heavy atom. The van der Waals surface area contributed by atoms with Crippen LogP contribution >= 0.6 is 0 Å². The number of pyridine rings is 1. The third-order valence-electron chi connectivity index (χ3n) is 6.60. The number of nitrogens with one attached hydrogen (secondary N) is 2. The Morgan fingerprint density at radius 1 is 1.06 bits per heavy atom. The van der Waals surface area contributed by atoms with E-state index in [4.69, 9.17) is 0 Å². The van der Waals surface area contributed by atoms with E-state index < -0.39 is 6.04 Å². The lowest BCUT2D eigenvalue weighted by Gasteiger charge is -2.39. The lowest BCUT2D eigenvalue weighted by molar-refractivity contribution is -0.139. The fourth-order valence-corrected chi connectivity index (χ4v) is 4.86. The first-order valence-corrected chi connectivity index (χ1v) is 11.8. The zero-order chi connectivity index (χ0) is 23.4. The lowest BCUT2D eigenvalue weighted by Crippen LogP contribution is -2.58. The number of rotatable bonds is 6. The Kier molecular flexibility index (Phi) is 7.22. The Hall–Kier alpha value is -3.01. The van der Waals surface area contributed by atoms with E-state index in [1.807, 2.05) is 6.92 Å². The highest BCUT2D eigenvalue weighted by Crippen LogP contribution is 2.27. The molecule has 0 bridgehead atoms. The maximum Gasteiger partial charge on any atom is 0.255 e. The average Bonchev–Trinajstić information content (AvgIpc) is 3.21. The molecule has 3 heterocycles. The Labute approximate surface area is 193 Å². The number of fused-ring (bicyclic) bond motifs is 1. The van der Waals surface area contributed by atoms with Gasteiger partial charge in [-0.2, -0.15) is 5.10 Å². The van der Waals surface area contributed by atoms with Crippen LogP contribution in [0.4, 0.5) is 0 Å². The Morgan fingerprint density at radius 3 is 2.45 bits per heavy atom. The number of carbonyl (C=O) groups excluding carboxylic acids is 3. The van der Waals surface area contributed by atoms with Crippen LogP contribution in [0.1, 0.15) is 48.3 Å². The molecule has 0 radical (unpaired) electrons. The topological polar surface area (TPSA) is 112 Å². The molecule has 3 amide bonds. The van der Waals surface area contributed by atoms with Crippen molar-refractivity contribution in [2.45, 2.75) is 45.1 Å². The summed E-state index contributed by atoms with van der Waals surface area (Å²) in [5, 5.41) is 10.1. The molecule has 2 aromatic rings. The maximum atomic E-state index is 13.4. The third kappa shape index (κ3) is 5.32. The molecule has 1 atom stereocenters. The molecule has 2 fully saturated rings. The van der Waals surface area contributed by atoms with Crippen molar-refractivity contribution in [3.8, 4) is 0 Å². The molecule has 1 saturated heterocycles. The van der Waals surface area contributed by atoms with Gasteiger partial charge in [-0.3, -0.25) is 14.4 Å². The summed E-state index contributed by atoms with van der Waals surface area (Å²) in [6, 6.07) is 3.06. The highest BCUT2D eigenvalue weighted by molar-refractivity contribution is 5.94. The number of aromatic nitrogens is 3. The van der Waals surface area contributed by atoms with Crippen LogP contribution < -0.4 is 10.6 Å². The van der Waals surface area contributed by atoms with E-state index >= 15 is 0 Å². The smallest absolute Gasteiger partial charge is 0.255 e. The summed E-state index contributed by atoms with van der Waals surface area (Å²) in [6.07, 6.45) is 6.98. The second-order valence-electron chi connectivity index (χ2n) is 8.97. The van der Waals surface area contributed by atoms with Crippen molar-refractivity contribution in [1.29, 1.82) is 0 Å². The van der Waals surface area contributed by atoms with E-state index in [9.17, 15) is 14.4 Å². The number of nitrogens with zero attached hydrogens (tertiary/aromatic N) is 5. The van der Waals surface area contributed by atoms with Crippen molar-refractivity contribution in [3.05, 3.63) is 29.7 Å². The van der Waals surface area contributed by atoms with Crippen LogP contribution in [0.15, 0.2) is 18.3 Å². The van der Waals surface area contributed by atoms with E-state index in [0.717, 1.165) is 25.7 Å². The van der Waals surface area contributed by atoms with Gasteiger partial charge in [0.25, 0.3) is 5.91 Å². The van der Waals surface area contributed by atoms with E-state index in [2.05, 4.69) is 20.7 Å². The summed E-state index contributed by atoms with van der Waals surface area (Å²) in [6.45, 7) is 3.84. The Balaban J connectivity index is 1.39.